The summed E-state index contributed by atoms with van der Waals surface area (Å²) in [5.74, 6) is 0.111. The topological polar surface area (TPSA) is 70.7 Å². The fraction of sp³-hybridized carbons (Fsp3) is 0.263. The fourth-order valence-electron chi connectivity index (χ4n) is 2.87. The van der Waals surface area contributed by atoms with E-state index < -0.39 is 6.03 Å². The second-order valence-electron chi connectivity index (χ2n) is 5.91. The van der Waals surface area contributed by atoms with Gasteiger partial charge in [0, 0.05) is 18.7 Å². The van der Waals surface area contributed by atoms with E-state index in [0.717, 1.165) is 0 Å². The molecule has 2 aromatic carbocycles. The third-order valence-corrected chi connectivity index (χ3v) is 4.03. The molecule has 0 spiro atoms. The van der Waals surface area contributed by atoms with Crippen molar-refractivity contribution in [3.63, 3.8) is 0 Å². The van der Waals surface area contributed by atoms with Gasteiger partial charge in [0.25, 0.3) is 0 Å². The number of amides is 3. The lowest BCUT2D eigenvalue weighted by molar-refractivity contribution is -0.117. The molecule has 6 nitrogen and oxygen atoms in total. The molecule has 1 aliphatic rings. The summed E-state index contributed by atoms with van der Waals surface area (Å²) in [4.78, 5) is 26.0. The molecule has 0 saturated carbocycles. The van der Waals surface area contributed by atoms with Crippen LogP contribution in [0.1, 0.15) is 13.3 Å². The minimum Gasteiger partial charge on any atom is -0.492 e. The number of halogens is 1. The fourth-order valence-corrected chi connectivity index (χ4v) is 2.87. The Morgan fingerprint density at radius 2 is 1.96 bits per heavy atom. The van der Waals surface area contributed by atoms with Gasteiger partial charge in [-0.05, 0) is 43.3 Å². The van der Waals surface area contributed by atoms with Gasteiger partial charge in [0.2, 0.25) is 5.91 Å². The molecule has 0 bridgehead atoms. The van der Waals surface area contributed by atoms with Crippen molar-refractivity contribution < 1.29 is 18.7 Å². The number of anilines is 2. The maximum atomic E-state index is 13.0. The average Bonchev–Trinajstić information content (AvgIpc) is 2.97. The number of nitrogens with one attached hydrogen (secondary N) is 2. The van der Waals surface area contributed by atoms with Crippen molar-refractivity contribution in [1.29, 1.82) is 0 Å². The van der Waals surface area contributed by atoms with Gasteiger partial charge in [-0.2, -0.15) is 0 Å². The second-order valence-corrected chi connectivity index (χ2v) is 5.91. The predicted molar refractivity (Wildman–Crippen MR) is 96.9 cm³/mol. The molecule has 0 radical (unpaired) electrons. The maximum Gasteiger partial charge on any atom is 0.319 e. The Hall–Kier alpha value is -3.09. The normalized spacial score (nSPS) is 16.5. The van der Waals surface area contributed by atoms with Gasteiger partial charge in [0.05, 0.1) is 18.3 Å². The molecule has 26 heavy (non-hydrogen) atoms. The number of hydrogen-bond donors (Lipinski definition) is 2. The molecule has 0 aliphatic carbocycles. The van der Waals surface area contributed by atoms with Crippen LogP contribution in [0.2, 0.25) is 0 Å². The van der Waals surface area contributed by atoms with Crippen LogP contribution in [0.25, 0.3) is 0 Å². The van der Waals surface area contributed by atoms with Crippen molar-refractivity contribution in [3.8, 4) is 5.75 Å². The third-order valence-electron chi connectivity index (χ3n) is 4.03. The first-order valence-electron chi connectivity index (χ1n) is 8.42. The number of rotatable bonds is 5. The minimum atomic E-state index is -0.407. The van der Waals surface area contributed by atoms with E-state index in [1.54, 1.807) is 35.2 Å². The van der Waals surface area contributed by atoms with Gasteiger partial charge < -0.3 is 20.3 Å². The van der Waals surface area contributed by atoms with Gasteiger partial charge in [-0.25, -0.2) is 9.18 Å². The van der Waals surface area contributed by atoms with Crippen molar-refractivity contribution in [1.82, 2.24) is 5.32 Å². The van der Waals surface area contributed by atoms with E-state index in [1.807, 2.05) is 13.0 Å². The molecule has 2 aromatic rings. The first-order chi connectivity index (χ1) is 12.6. The van der Waals surface area contributed by atoms with Crippen LogP contribution < -0.4 is 20.3 Å². The van der Waals surface area contributed by atoms with Gasteiger partial charge >= 0.3 is 6.03 Å². The summed E-state index contributed by atoms with van der Waals surface area (Å²) in [7, 11) is 0. The molecule has 3 rings (SSSR count). The van der Waals surface area contributed by atoms with Gasteiger partial charge in [0.1, 0.15) is 11.6 Å². The molecule has 1 fully saturated rings. The first-order valence-corrected chi connectivity index (χ1v) is 8.42. The predicted octanol–water partition coefficient (Wildman–Crippen LogP) is 3.15. The molecule has 1 heterocycles. The zero-order valence-corrected chi connectivity index (χ0v) is 14.4. The van der Waals surface area contributed by atoms with E-state index in [2.05, 4.69) is 10.6 Å². The van der Waals surface area contributed by atoms with Crippen LogP contribution in [-0.4, -0.2) is 31.1 Å². The van der Waals surface area contributed by atoms with E-state index >= 15 is 0 Å². The zero-order chi connectivity index (χ0) is 18.5. The highest BCUT2D eigenvalue weighted by Gasteiger charge is 2.31. The molecule has 1 atom stereocenters. The Kier molecular flexibility index (Phi) is 5.36. The Balaban J connectivity index is 1.60. The van der Waals surface area contributed by atoms with Crippen LogP contribution in [0.4, 0.5) is 20.6 Å². The van der Waals surface area contributed by atoms with Crippen LogP contribution in [0.3, 0.4) is 0 Å². The van der Waals surface area contributed by atoms with Crippen LogP contribution in [-0.2, 0) is 4.79 Å². The average molecular weight is 357 g/mol. The molecule has 136 valence electrons. The number of benzene rings is 2. The highest BCUT2D eigenvalue weighted by atomic mass is 19.1. The Labute approximate surface area is 150 Å². The molecular formula is C19H20FN3O3. The third kappa shape index (κ3) is 4.11. The lowest BCUT2D eigenvalue weighted by Gasteiger charge is -2.18. The number of urea groups is 1. The Morgan fingerprint density at radius 3 is 2.69 bits per heavy atom. The summed E-state index contributed by atoms with van der Waals surface area (Å²) in [6.45, 7) is 2.69. The smallest absolute Gasteiger partial charge is 0.319 e. The summed E-state index contributed by atoms with van der Waals surface area (Å²) >= 11 is 0. The zero-order valence-electron chi connectivity index (χ0n) is 14.4. The van der Waals surface area contributed by atoms with Crippen LogP contribution in [0.5, 0.6) is 5.75 Å². The van der Waals surface area contributed by atoms with Crippen molar-refractivity contribution in [2.45, 2.75) is 19.4 Å². The number of carbonyl (C=O) groups is 2. The van der Waals surface area contributed by atoms with Crippen molar-refractivity contribution in [2.24, 2.45) is 0 Å². The summed E-state index contributed by atoms with van der Waals surface area (Å²) in [6.07, 6.45) is 0.192. The lowest BCUT2D eigenvalue weighted by Crippen LogP contribution is -2.39. The van der Waals surface area contributed by atoms with Gasteiger partial charge in [-0.1, -0.05) is 12.1 Å². The largest absolute Gasteiger partial charge is 0.492 e. The minimum absolute atomic E-state index is 0.114. The Bertz CT molecular complexity index is 795. The van der Waals surface area contributed by atoms with Crippen molar-refractivity contribution in [3.05, 3.63) is 54.3 Å². The van der Waals surface area contributed by atoms with Crippen molar-refractivity contribution >= 4 is 23.3 Å². The monoisotopic (exact) mass is 357 g/mol. The van der Waals surface area contributed by atoms with Gasteiger partial charge in [0.15, 0.2) is 0 Å². The van der Waals surface area contributed by atoms with E-state index in [9.17, 15) is 14.0 Å². The molecule has 1 aliphatic heterocycles. The maximum absolute atomic E-state index is 13.0. The molecule has 3 amide bonds. The number of para-hydroxylation sites is 2. The van der Waals surface area contributed by atoms with Crippen LogP contribution >= 0.6 is 0 Å². The highest BCUT2D eigenvalue weighted by molar-refractivity contribution is 5.97. The molecule has 0 unspecified atom stereocenters. The number of nitrogens with zero attached hydrogens (tertiary/aromatic N) is 1. The van der Waals surface area contributed by atoms with E-state index in [-0.39, 0.29) is 24.2 Å². The number of ether oxygens (including phenoxy) is 1. The Morgan fingerprint density at radius 1 is 1.23 bits per heavy atom. The van der Waals surface area contributed by atoms with Crippen LogP contribution in [0.15, 0.2) is 48.5 Å². The molecule has 0 aromatic heterocycles. The van der Waals surface area contributed by atoms with E-state index in [1.165, 1.54) is 12.1 Å². The molecule has 1 saturated heterocycles. The highest BCUT2D eigenvalue weighted by Crippen LogP contribution is 2.24. The second kappa shape index (κ2) is 7.86. The summed E-state index contributed by atoms with van der Waals surface area (Å²) < 4.78 is 18.5. The van der Waals surface area contributed by atoms with Crippen LogP contribution in [0, 0.1) is 5.82 Å². The van der Waals surface area contributed by atoms with Gasteiger partial charge in [-0.3, -0.25) is 4.79 Å². The number of hydrogen-bond acceptors (Lipinski definition) is 3. The van der Waals surface area contributed by atoms with E-state index in [0.29, 0.717) is 30.3 Å². The summed E-state index contributed by atoms with van der Waals surface area (Å²) in [5.41, 5.74) is 1.18. The van der Waals surface area contributed by atoms with Crippen molar-refractivity contribution in [2.75, 3.05) is 23.4 Å². The summed E-state index contributed by atoms with van der Waals surface area (Å²) in [5, 5.41) is 5.54. The van der Waals surface area contributed by atoms with Gasteiger partial charge in [-0.15, -0.1) is 0 Å². The summed E-state index contributed by atoms with van der Waals surface area (Å²) in [6, 6.07) is 12.1. The quantitative estimate of drug-likeness (QED) is 0.864. The SMILES string of the molecule is CCOc1ccccc1NC(=O)N[C@H]1CC(=O)N(c2ccc(F)cc2)C1. The first kappa shape index (κ1) is 17.7. The van der Waals surface area contributed by atoms with E-state index in [4.69, 9.17) is 4.74 Å². The number of carbonyl (C=O) groups excluding carboxylic acids is 2. The molecule has 7 heteroatoms. The molecular weight excluding hydrogens is 337 g/mol. The standard InChI is InChI=1S/C19H20FN3O3/c1-2-26-17-6-4-3-5-16(17)22-19(25)21-14-11-18(24)23(12-14)15-9-7-13(20)8-10-15/h3-10,14H,2,11-12H2,1H3,(H2,21,22,25)/t14-/m0/s1. The lowest BCUT2D eigenvalue weighted by atomic mass is 10.2. The molecule has 2 N–H and O–H groups in total.